The number of rotatable bonds is 6. The Bertz CT molecular complexity index is 494. The van der Waals surface area contributed by atoms with Crippen LogP contribution >= 0.6 is 0 Å². The van der Waals surface area contributed by atoms with Gasteiger partial charge < -0.3 is 11.1 Å². The fraction of sp³-hybridized carbons (Fsp3) is 0.294. The molecule has 0 saturated heterocycles. The van der Waals surface area contributed by atoms with E-state index in [1.165, 1.54) is 16.8 Å². The van der Waals surface area contributed by atoms with Crippen LogP contribution in [0.15, 0.2) is 54.6 Å². The maximum atomic E-state index is 5.96. The standard InChI is InChI=1S/C17H22N2/c1-2-16(18)13-19-17-11-7-6-10-15(17)12-14-8-4-3-5-9-14/h3-11,16,19H,2,12-13,18H2,1H3. The smallest absolute Gasteiger partial charge is 0.0376 e. The second-order valence-electron chi connectivity index (χ2n) is 4.87. The lowest BCUT2D eigenvalue weighted by Crippen LogP contribution is -2.28. The molecule has 1 atom stereocenters. The maximum Gasteiger partial charge on any atom is 0.0376 e. The summed E-state index contributed by atoms with van der Waals surface area (Å²) in [5.41, 5.74) is 9.80. The van der Waals surface area contributed by atoms with Gasteiger partial charge in [-0.05, 0) is 30.0 Å². The van der Waals surface area contributed by atoms with Crippen LogP contribution in [-0.4, -0.2) is 12.6 Å². The van der Waals surface area contributed by atoms with E-state index in [9.17, 15) is 0 Å². The zero-order chi connectivity index (χ0) is 13.5. The summed E-state index contributed by atoms with van der Waals surface area (Å²) in [6, 6.07) is 19.2. The first kappa shape index (κ1) is 13.6. The van der Waals surface area contributed by atoms with Gasteiger partial charge in [-0.25, -0.2) is 0 Å². The molecule has 19 heavy (non-hydrogen) atoms. The molecule has 2 rings (SSSR count). The van der Waals surface area contributed by atoms with Gasteiger partial charge in [0, 0.05) is 18.3 Å². The summed E-state index contributed by atoms with van der Waals surface area (Å²) in [5, 5.41) is 3.46. The van der Waals surface area contributed by atoms with Crippen LogP contribution in [0.25, 0.3) is 0 Å². The van der Waals surface area contributed by atoms with Gasteiger partial charge in [0.2, 0.25) is 0 Å². The first-order valence-electron chi connectivity index (χ1n) is 6.91. The molecule has 0 aliphatic carbocycles. The first-order valence-corrected chi connectivity index (χ1v) is 6.91. The number of hydrogen-bond donors (Lipinski definition) is 2. The van der Waals surface area contributed by atoms with Crippen LogP contribution < -0.4 is 11.1 Å². The number of nitrogens with two attached hydrogens (primary N) is 1. The van der Waals surface area contributed by atoms with Gasteiger partial charge in [0.25, 0.3) is 0 Å². The Kier molecular flexibility index (Phi) is 4.99. The molecule has 1 unspecified atom stereocenters. The van der Waals surface area contributed by atoms with E-state index >= 15 is 0 Å². The van der Waals surface area contributed by atoms with Crippen molar-refractivity contribution in [2.75, 3.05) is 11.9 Å². The third-order valence-electron chi connectivity index (χ3n) is 3.33. The molecule has 2 heteroatoms. The molecule has 0 aliphatic heterocycles. The highest BCUT2D eigenvalue weighted by atomic mass is 14.9. The fourth-order valence-corrected chi connectivity index (χ4v) is 2.05. The van der Waals surface area contributed by atoms with Gasteiger partial charge in [-0.2, -0.15) is 0 Å². The van der Waals surface area contributed by atoms with Crippen LogP contribution in [0.3, 0.4) is 0 Å². The molecule has 0 saturated carbocycles. The summed E-state index contributed by atoms with van der Waals surface area (Å²) in [4.78, 5) is 0. The molecule has 3 N–H and O–H groups in total. The molecule has 0 amide bonds. The highest BCUT2D eigenvalue weighted by molar-refractivity contribution is 5.52. The second-order valence-corrected chi connectivity index (χ2v) is 4.87. The zero-order valence-corrected chi connectivity index (χ0v) is 11.5. The summed E-state index contributed by atoms with van der Waals surface area (Å²) in [7, 11) is 0. The number of nitrogens with one attached hydrogen (secondary N) is 1. The van der Waals surface area contributed by atoms with E-state index in [-0.39, 0.29) is 6.04 Å². The first-order chi connectivity index (χ1) is 9.29. The molecule has 0 heterocycles. The Labute approximate surface area is 115 Å². The van der Waals surface area contributed by atoms with E-state index < -0.39 is 0 Å². The highest BCUT2D eigenvalue weighted by Gasteiger charge is 2.04. The maximum absolute atomic E-state index is 5.96. The Hall–Kier alpha value is -1.80. The monoisotopic (exact) mass is 254 g/mol. The number of anilines is 1. The van der Waals surface area contributed by atoms with E-state index in [1.54, 1.807) is 0 Å². The quantitative estimate of drug-likeness (QED) is 0.829. The average molecular weight is 254 g/mol. The van der Waals surface area contributed by atoms with Gasteiger partial charge in [-0.3, -0.25) is 0 Å². The molecule has 2 aromatic rings. The minimum absolute atomic E-state index is 0.213. The molecule has 0 bridgehead atoms. The molecular formula is C17H22N2. The molecule has 100 valence electrons. The molecular weight excluding hydrogens is 232 g/mol. The number of benzene rings is 2. The van der Waals surface area contributed by atoms with Crippen LogP contribution in [0.4, 0.5) is 5.69 Å². The molecule has 2 nitrogen and oxygen atoms in total. The number of para-hydroxylation sites is 1. The lowest BCUT2D eigenvalue weighted by atomic mass is 10.0. The third-order valence-corrected chi connectivity index (χ3v) is 3.33. The van der Waals surface area contributed by atoms with Gasteiger partial charge in [-0.15, -0.1) is 0 Å². The van der Waals surface area contributed by atoms with E-state index in [0.717, 1.165) is 19.4 Å². The molecule has 2 aromatic carbocycles. The minimum Gasteiger partial charge on any atom is -0.383 e. The Balaban J connectivity index is 2.08. The van der Waals surface area contributed by atoms with Crippen molar-refractivity contribution in [3.8, 4) is 0 Å². The van der Waals surface area contributed by atoms with Gasteiger partial charge in [0.15, 0.2) is 0 Å². The van der Waals surface area contributed by atoms with Crippen molar-refractivity contribution in [3.63, 3.8) is 0 Å². The summed E-state index contributed by atoms with van der Waals surface area (Å²) in [5.74, 6) is 0. The van der Waals surface area contributed by atoms with E-state index in [4.69, 9.17) is 5.73 Å². The molecule has 0 fully saturated rings. The SMILES string of the molecule is CCC(N)CNc1ccccc1Cc1ccccc1. The summed E-state index contributed by atoms with van der Waals surface area (Å²) >= 11 is 0. The Morgan fingerprint density at radius 3 is 2.42 bits per heavy atom. The van der Waals surface area contributed by atoms with Gasteiger partial charge >= 0.3 is 0 Å². The predicted molar refractivity (Wildman–Crippen MR) is 82.4 cm³/mol. The second kappa shape index (κ2) is 6.95. The topological polar surface area (TPSA) is 38.0 Å². The third kappa shape index (κ3) is 4.11. The fourth-order valence-electron chi connectivity index (χ4n) is 2.05. The molecule has 0 radical (unpaired) electrons. The van der Waals surface area contributed by atoms with Crippen molar-refractivity contribution < 1.29 is 0 Å². The van der Waals surface area contributed by atoms with Crippen molar-refractivity contribution in [3.05, 3.63) is 65.7 Å². The van der Waals surface area contributed by atoms with E-state index in [2.05, 4.69) is 60.8 Å². The summed E-state index contributed by atoms with van der Waals surface area (Å²) < 4.78 is 0. The van der Waals surface area contributed by atoms with Crippen LogP contribution in [-0.2, 0) is 6.42 Å². The lowest BCUT2D eigenvalue weighted by Gasteiger charge is -2.15. The van der Waals surface area contributed by atoms with Crippen molar-refractivity contribution in [1.29, 1.82) is 0 Å². The van der Waals surface area contributed by atoms with Crippen molar-refractivity contribution in [1.82, 2.24) is 0 Å². The summed E-state index contributed by atoms with van der Waals surface area (Å²) in [6.07, 6.45) is 1.94. The van der Waals surface area contributed by atoms with Gasteiger partial charge in [0.05, 0.1) is 0 Å². The number of hydrogen-bond acceptors (Lipinski definition) is 2. The highest BCUT2D eigenvalue weighted by Crippen LogP contribution is 2.19. The molecule has 0 aromatic heterocycles. The predicted octanol–water partition coefficient (Wildman–Crippen LogP) is 3.43. The average Bonchev–Trinajstić information content (AvgIpc) is 2.47. The van der Waals surface area contributed by atoms with E-state index in [0.29, 0.717) is 0 Å². The summed E-state index contributed by atoms with van der Waals surface area (Å²) in [6.45, 7) is 2.94. The normalized spacial score (nSPS) is 12.1. The largest absolute Gasteiger partial charge is 0.383 e. The van der Waals surface area contributed by atoms with Crippen molar-refractivity contribution in [2.45, 2.75) is 25.8 Å². The van der Waals surface area contributed by atoms with Crippen LogP contribution in [0, 0.1) is 0 Å². The van der Waals surface area contributed by atoms with Crippen LogP contribution in [0.5, 0.6) is 0 Å². The van der Waals surface area contributed by atoms with Gasteiger partial charge in [0.1, 0.15) is 0 Å². The van der Waals surface area contributed by atoms with Crippen molar-refractivity contribution >= 4 is 5.69 Å². The van der Waals surface area contributed by atoms with Crippen molar-refractivity contribution in [2.24, 2.45) is 5.73 Å². The van der Waals surface area contributed by atoms with Crippen LogP contribution in [0.2, 0.25) is 0 Å². The van der Waals surface area contributed by atoms with Gasteiger partial charge in [-0.1, -0.05) is 55.5 Å². The molecule has 0 spiro atoms. The zero-order valence-electron chi connectivity index (χ0n) is 11.5. The Morgan fingerprint density at radius 1 is 1.00 bits per heavy atom. The van der Waals surface area contributed by atoms with Crippen LogP contribution in [0.1, 0.15) is 24.5 Å². The van der Waals surface area contributed by atoms with E-state index in [1.807, 2.05) is 6.07 Å². The lowest BCUT2D eigenvalue weighted by molar-refractivity contribution is 0.679. The minimum atomic E-state index is 0.213. The Morgan fingerprint density at radius 2 is 1.68 bits per heavy atom. The molecule has 0 aliphatic rings.